The second kappa shape index (κ2) is 10.4. The molecule has 0 N–H and O–H groups in total. The maximum absolute atomic E-state index is 14.2. The number of carbonyl (C=O) groups excluding carboxylic acids is 1. The Kier molecular flexibility index (Phi) is 7.63. The van der Waals surface area contributed by atoms with Crippen LogP contribution in [0.4, 0.5) is 4.39 Å². The van der Waals surface area contributed by atoms with E-state index in [-0.39, 0.29) is 17.5 Å². The number of nitriles is 1. The third-order valence-corrected chi connectivity index (χ3v) is 6.16. The summed E-state index contributed by atoms with van der Waals surface area (Å²) < 4.78 is 19.8. The molecule has 0 aromatic heterocycles. The molecule has 0 spiro atoms. The highest BCUT2D eigenvalue weighted by Crippen LogP contribution is 2.33. The summed E-state index contributed by atoms with van der Waals surface area (Å²) in [5, 5.41) is 9.92. The fraction of sp³-hybridized carbons (Fsp3) is 0.520. The fourth-order valence-electron chi connectivity index (χ4n) is 4.34. The Bertz CT molecular complexity index is 878. The summed E-state index contributed by atoms with van der Waals surface area (Å²) in [6, 6.07) is 9.82. The molecule has 0 atom stereocenters. The first-order valence-electron chi connectivity index (χ1n) is 11.0. The standard InChI is InChI=1S/C25H30FNO2/c1-2-3-4-5-6-7-18-8-10-19(11-9-18)25(28)29-22-14-15-23-20(16-22)12-13-21(17-27)24(23)26/h12-16,18-19H,2-11H2,1H3. The molecule has 0 amide bonds. The van der Waals surface area contributed by atoms with Gasteiger partial charge in [-0.15, -0.1) is 0 Å². The molecule has 2 aromatic carbocycles. The van der Waals surface area contributed by atoms with Gasteiger partial charge in [-0.25, -0.2) is 4.39 Å². The second-order valence-electron chi connectivity index (χ2n) is 8.26. The van der Waals surface area contributed by atoms with Gasteiger partial charge in [-0.05, 0) is 61.3 Å². The zero-order valence-corrected chi connectivity index (χ0v) is 17.3. The van der Waals surface area contributed by atoms with Crippen molar-refractivity contribution in [3.8, 4) is 11.8 Å². The first-order valence-corrected chi connectivity index (χ1v) is 11.0. The van der Waals surface area contributed by atoms with Crippen molar-refractivity contribution in [1.29, 1.82) is 5.26 Å². The molecule has 0 aliphatic heterocycles. The fourth-order valence-corrected chi connectivity index (χ4v) is 4.34. The average Bonchev–Trinajstić information content (AvgIpc) is 2.74. The number of halogens is 1. The first-order chi connectivity index (χ1) is 14.1. The van der Waals surface area contributed by atoms with Crippen LogP contribution >= 0.6 is 0 Å². The van der Waals surface area contributed by atoms with Crippen LogP contribution in [0.3, 0.4) is 0 Å². The lowest BCUT2D eigenvalue weighted by Crippen LogP contribution is -2.25. The van der Waals surface area contributed by atoms with Gasteiger partial charge in [0.15, 0.2) is 0 Å². The third-order valence-electron chi connectivity index (χ3n) is 6.16. The number of benzene rings is 2. The normalized spacial score (nSPS) is 19.1. The van der Waals surface area contributed by atoms with Gasteiger partial charge >= 0.3 is 5.97 Å². The van der Waals surface area contributed by atoms with Crippen LogP contribution in [0.5, 0.6) is 5.75 Å². The van der Waals surface area contributed by atoms with Gasteiger partial charge in [0.25, 0.3) is 0 Å². The Hall–Kier alpha value is -2.41. The molecule has 0 unspecified atom stereocenters. The van der Waals surface area contributed by atoms with Crippen LogP contribution in [0.1, 0.15) is 76.7 Å². The van der Waals surface area contributed by atoms with Gasteiger partial charge in [0.2, 0.25) is 0 Å². The summed E-state index contributed by atoms with van der Waals surface area (Å²) in [5.74, 6) is 0.429. The number of hydrogen-bond acceptors (Lipinski definition) is 3. The van der Waals surface area contributed by atoms with E-state index in [0.717, 1.165) is 31.6 Å². The molecule has 1 fully saturated rings. The van der Waals surface area contributed by atoms with Gasteiger partial charge in [-0.2, -0.15) is 5.26 Å². The Morgan fingerprint density at radius 3 is 2.59 bits per heavy atom. The lowest BCUT2D eigenvalue weighted by atomic mass is 9.80. The smallest absolute Gasteiger partial charge is 0.314 e. The van der Waals surface area contributed by atoms with Crippen LogP contribution in [-0.4, -0.2) is 5.97 Å². The van der Waals surface area contributed by atoms with E-state index >= 15 is 0 Å². The van der Waals surface area contributed by atoms with Crippen LogP contribution in [0.25, 0.3) is 10.8 Å². The van der Waals surface area contributed by atoms with E-state index in [9.17, 15) is 9.18 Å². The van der Waals surface area contributed by atoms with E-state index in [0.29, 0.717) is 16.5 Å². The second-order valence-corrected chi connectivity index (χ2v) is 8.26. The SMILES string of the molecule is CCCCCCCC1CCC(C(=O)Oc2ccc3c(F)c(C#N)ccc3c2)CC1. The summed E-state index contributed by atoms with van der Waals surface area (Å²) in [6.45, 7) is 2.24. The van der Waals surface area contributed by atoms with Crippen LogP contribution in [0.15, 0.2) is 30.3 Å². The number of nitrogens with zero attached hydrogens (tertiary/aromatic N) is 1. The number of fused-ring (bicyclic) bond motifs is 1. The summed E-state index contributed by atoms with van der Waals surface area (Å²) in [4.78, 5) is 12.6. The highest BCUT2D eigenvalue weighted by atomic mass is 19.1. The van der Waals surface area contributed by atoms with E-state index in [1.807, 2.05) is 6.07 Å². The third kappa shape index (κ3) is 5.56. The molecular weight excluding hydrogens is 365 g/mol. The van der Waals surface area contributed by atoms with Crippen molar-refractivity contribution < 1.29 is 13.9 Å². The topological polar surface area (TPSA) is 50.1 Å². The quantitative estimate of drug-likeness (QED) is 0.277. The molecule has 0 radical (unpaired) electrons. The molecular formula is C25H30FNO2. The Morgan fingerprint density at radius 2 is 1.86 bits per heavy atom. The van der Waals surface area contributed by atoms with Crippen molar-refractivity contribution in [3.05, 3.63) is 41.7 Å². The molecule has 4 heteroatoms. The van der Waals surface area contributed by atoms with Crippen molar-refractivity contribution in [2.24, 2.45) is 11.8 Å². The molecule has 1 aliphatic rings. The number of hydrogen-bond donors (Lipinski definition) is 0. The molecule has 1 aliphatic carbocycles. The number of esters is 1. The van der Waals surface area contributed by atoms with E-state index < -0.39 is 5.82 Å². The molecule has 0 bridgehead atoms. The van der Waals surface area contributed by atoms with E-state index in [4.69, 9.17) is 10.00 Å². The Balaban J connectivity index is 1.50. The van der Waals surface area contributed by atoms with Crippen LogP contribution in [0, 0.1) is 29.0 Å². The predicted octanol–water partition coefficient (Wildman–Crippen LogP) is 6.92. The molecule has 0 saturated heterocycles. The Morgan fingerprint density at radius 1 is 1.10 bits per heavy atom. The number of carbonyl (C=O) groups is 1. The minimum absolute atomic E-state index is 0.0179. The zero-order valence-electron chi connectivity index (χ0n) is 17.3. The molecule has 3 rings (SSSR count). The molecule has 29 heavy (non-hydrogen) atoms. The minimum Gasteiger partial charge on any atom is -0.426 e. The van der Waals surface area contributed by atoms with E-state index in [1.165, 1.54) is 44.6 Å². The number of ether oxygens (including phenoxy) is 1. The van der Waals surface area contributed by atoms with Crippen LogP contribution in [-0.2, 0) is 4.79 Å². The highest BCUT2D eigenvalue weighted by molar-refractivity contribution is 5.86. The number of rotatable bonds is 8. The molecule has 2 aromatic rings. The average molecular weight is 396 g/mol. The Labute approximate surface area is 172 Å². The summed E-state index contributed by atoms with van der Waals surface area (Å²) in [7, 11) is 0. The maximum atomic E-state index is 14.2. The lowest BCUT2D eigenvalue weighted by molar-refractivity contribution is -0.140. The minimum atomic E-state index is -0.532. The highest BCUT2D eigenvalue weighted by Gasteiger charge is 2.27. The van der Waals surface area contributed by atoms with Gasteiger partial charge in [-0.1, -0.05) is 51.5 Å². The van der Waals surface area contributed by atoms with Crippen molar-refractivity contribution >= 4 is 16.7 Å². The monoisotopic (exact) mass is 395 g/mol. The first kappa shape index (κ1) is 21.3. The summed E-state index contributed by atoms with van der Waals surface area (Å²) in [6.07, 6.45) is 11.9. The van der Waals surface area contributed by atoms with Crippen LogP contribution in [0.2, 0.25) is 0 Å². The van der Waals surface area contributed by atoms with Crippen molar-refractivity contribution in [3.63, 3.8) is 0 Å². The van der Waals surface area contributed by atoms with Gasteiger partial charge in [0.05, 0.1) is 11.5 Å². The van der Waals surface area contributed by atoms with Crippen molar-refractivity contribution in [2.75, 3.05) is 0 Å². The van der Waals surface area contributed by atoms with Crippen molar-refractivity contribution in [2.45, 2.75) is 71.1 Å². The lowest BCUT2D eigenvalue weighted by Gasteiger charge is -2.27. The van der Waals surface area contributed by atoms with Crippen molar-refractivity contribution in [1.82, 2.24) is 0 Å². The van der Waals surface area contributed by atoms with E-state index in [1.54, 1.807) is 24.3 Å². The summed E-state index contributed by atoms with van der Waals surface area (Å²) >= 11 is 0. The van der Waals surface area contributed by atoms with E-state index in [2.05, 4.69) is 6.92 Å². The largest absolute Gasteiger partial charge is 0.426 e. The number of unbranched alkanes of at least 4 members (excludes halogenated alkanes) is 4. The van der Waals surface area contributed by atoms with Gasteiger partial charge in [0, 0.05) is 5.39 Å². The zero-order chi connectivity index (χ0) is 20.6. The molecule has 154 valence electrons. The maximum Gasteiger partial charge on any atom is 0.314 e. The summed E-state index contributed by atoms with van der Waals surface area (Å²) in [5.41, 5.74) is 0.0179. The molecule has 1 saturated carbocycles. The predicted molar refractivity (Wildman–Crippen MR) is 113 cm³/mol. The molecule has 0 heterocycles. The van der Waals surface area contributed by atoms with Gasteiger partial charge in [0.1, 0.15) is 17.6 Å². The van der Waals surface area contributed by atoms with Gasteiger partial charge < -0.3 is 4.74 Å². The molecule has 3 nitrogen and oxygen atoms in total. The van der Waals surface area contributed by atoms with Crippen LogP contribution < -0.4 is 4.74 Å². The van der Waals surface area contributed by atoms with Gasteiger partial charge in [-0.3, -0.25) is 4.79 Å².